The van der Waals surface area contributed by atoms with E-state index in [9.17, 15) is 20.7 Å². The van der Waals surface area contributed by atoms with Crippen LogP contribution in [0.25, 0.3) is 0 Å². The van der Waals surface area contributed by atoms with Gasteiger partial charge in [-0.15, -0.1) is 3.89 Å². The van der Waals surface area contributed by atoms with Crippen molar-refractivity contribution in [1.82, 2.24) is 4.72 Å². The molecule has 0 saturated heterocycles. The van der Waals surface area contributed by atoms with Gasteiger partial charge in [0, 0.05) is 6.04 Å². The average molecular weight is 309 g/mol. The second-order valence-electron chi connectivity index (χ2n) is 4.05. The molecule has 0 aliphatic rings. The predicted octanol–water partition coefficient (Wildman–Crippen LogP) is 1.81. The monoisotopic (exact) mass is 309 g/mol. The van der Waals surface area contributed by atoms with Crippen molar-refractivity contribution in [3.8, 4) is 0 Å². The largest absolute Gasteiger partial charge is 0.332 e. The summed E-state index contributed by atoms with van der Waals surface area (Å²) in [5.41, 5.74) is 0. The summed E-state index contributed by atoms with van der Waals surface area (Å²) in [6.45, 7) is 3.66. The SMILES string of the molecule is CCC(CC)NS(=O)(=O)c1cccc(S(=O)(=O)F)c1. The maximum Gasteiger partial charge on any atom is 0.332 e. The van der Waals surface area contributed by atoms with Gasteiger partial charge in [-0.3, -0.25) is 0 Å². The van der Waals surface area contributed by atoms with Crippen LogP contribution in [0.2, 0.25) is 0 Å². The standard InChI is InChI=1S/C11H16FNO4S2/c1-3-9(4-2)13-19(16,17)11-7-5-6-10(8-11)18(12,14)15/h5-9,13H,3-4H2,1-2H3. The van der Waals surface area contributed by atoms with Gasteiger partial charge in [-0.2, -0.15) is 8.42 Å². The maximum absolute atomic E-state index is 12.8. The summed E-state index contributed by atoms with van der Waals surface area (Å²) in [4.78, 5) is -0.932. The second kappa shape index (κ2) is 5.98. The zero-order chi connectivity index (χ0) is 14.7. The third-order valence-corrected chi connectivity index (χ3v) is 5.04. The Morgan fingerprint density at radius 3 is 2.11 bits per heavy atom. The molecule has 0 aliphatic carbocycles. The quantitative estimate of drug-likeness (QED) is 0.813. The van der Waals surface area contributed by atoms with Crippen molar-refractivity contribution in [2.75, 3.05) is 0 Å². The van der Waals surface area contributed by atoms with Crippen molar-refractivity contribution in [3.05, 3.63) is 24.3 Å². The Balaban J connectivity index is 3.16. The van der Waals surface area contributed by atoms with Crippen LogP contribution in [-0.2, 0) is 20.2 Å². The molecule has 108 valence electrons. The van der Waals surface area contributed by atoms with Gasteiger partial charge in [0.05, 0.1) is 9.79 Å². The van der Waals surface area contributed by atoms with E-state index in [1.165, 1.54) is 12.1 Å². The molecule has 0 unspecified atom stereocenters. The first kappa shape index (κ1) is 16.1. The minimum atomic E-state index is -4.92. The van der Waals surface area contributed by atoms with E-state index in [-0.39, 0.29) is 10.9 Å². The van der Waals surface area contributed by atoms with Crippen LogP contribution in [0.1, 0.15) is 26.7 Å². The van der Waals surface area contributed by atoms with E-state index in [0.717, 1.165) is 12.1 Å². The number of benzene rings is 1. The molecule has 19 heavy (non-hydrogen) atoms. The zero-order valence-corrected chi connectivity index (χ0v) is 12.3. The predicted molar refractivity (Wildman–Crippen MR) is 69.4 cm³/mol. The Morgan fingerprint density at radius 2 is 1.63 bits per heavy atom. The second-order valence-corrected chi connectivity index (χ2v) is 7.11. The van der Waals surface area contributed by atoms with E-state index < -0.39 is 25.1 Å². The molecule has 0 atom stereocenters. The van der Waals surface area contributed by atoms with Crippen molar-refractivity contribution in [1.29, 1.82) is 0 Å². The molecule has 0 radical (unpaired) electrons. The molecule has 0 spiro atoms. The fourth-order valence-corrected chi connectivity index (χ4v) is 3.57. The molecule has 0 saturated carbocycles. The lowest BCUT2D eigenvalue weighted by molar-refractivity contribution is 0.530. The summed E-state index contributed by atoms with van der Waals surface area (Å²) in [6.07, 6.45) is 1.22. The average Bonchev–Trinajstić information content (AvgIpc) is 2.35. The van der Waals surface area contributed by atoms with Crippen LogP contribution < -0.4 is 4.72 Å². The highest BCUT2D eigenvalue weighted by Crippen LogP contribution is 2.18. The van der Waals surface area contributed by atoms with Gasteiger partial charge in [0.25, 0.3) is 0 Å². The normalized spacial score (nSPS) is 12.8. The highest BCUT2D eigenvalue weighted by molar-refractivity contribution is 7.89. The van der Waals surface area contributed by atoms with Gasteiger partial charge < -0.3 is 0 Å². The maximum atomic E-state index is 12.8. The molecule has 0 amide bonds. The molecular weight excluding hydrogens is 293 g/mol. The third-order valence-electron chi connectivity index (χ3n) is 2.70. The van der Waals surface area contributed by atoms with Crippen molar-refractivity contribution in [3.63, 3.8) is 0 Å². The molecule has 1 rings (SSSR count). The fourth-order valence-electron chi connectivity index (χ4n) is 1.54. The van der Waals surface area contributed by atoms with Gasteiger partial charge in [-0.05, 0) is 31.0 Å². The van der Waals surface area contributed by atoms with Gasteiger partial charge in [0.2, 0.25) is 10.0 Å². The first-order valence-corrected chi connectivity index (χ1v) is 8.64. The Hall–Kier alpha value is -0.990. The van der Waals surface area contributed by atoms with Gasteiger partial charge in [-0.1, -0.05) is 19.9 Å². The van der Waals surface area contributed by atoms with Crippen LogP contribution in [0.4, 0.5) is 3.89 Å². The minimum Gasteiger partial charge on any atom is -0.208 e. The molecule has 0 heterocycles. The summed E-state index contributed by atoms with van der Waals surface area (Å²) < 4.78 is 60.8. The summed E-state index contributed by atoms with van der Waals surface area (Å²) in [5.74, 6) is 0. The lowest BCUT2D eigenvalue weighted by atomic mass is 10.2. The Bertz CT molecular complexity index is 636. The highest BCUT2D eigenvalue weighted by Gasteiger charge is 2.21. The third kappa shape index (κ3) is 4.26. The van der Waals surface area contributed by atoms with Crippen LogP contribution in [0.3, 0.4) is 0 Å². The lowest BCUT2D eigenvalue weighted by Gasteiger charge is -2.15. The van der Waals surface area contributed by atoms with Crippen LogP contribution in [0.15, 0.2) is 34.1 Å². The number of nitrogens with one attached hydrogen (secondary N) is 1. The lowest BCUT2D eigenvalue weighted by Crippen LogP contribution is -2.33. The van der Waals surface area contributed by atoms with Crippen molar-refractivity contribution >= 4 is 20.2 Å². The minimum absolute atomic E-state index is 0.240. The molecule has 0 bridgehead atoms. The van der Waals surface area contributed by atoms with Gasteiger partial charge in [0.15, 0.2) is 0 Å². The van der Waals surface area contributed by atoms with Gasteiger partial charge in [-0.25, -0.2) is 13.1 Å². The van der Waals surface area contributed by atoms with E-state index in [1.807, 2.05) is 13.8 Å². The van der Waals surface area contributed by atoms with Crippen LogP contribution in [-0.4, -0.2) is 22.9 Å². The van der Waals surface area contributed by atoms with Crippen molar-refractivity contribution in [2.24, 2.45) is 0 Å². The summed E-state index contributed by atoms with van der Waals surface area (Å²) in [7, 11) is -8.77. The highest BCUT2D eigenvalue weighted by atomic mass is 32.3. The number of hydrogen-bond donors (Lipinski definition) is 1. The molecule has 0 fully saturated rings. The van der Waals surface area contributed by atoms with Gasteiger partial charge in [0.1, 0.15) is 0 Å². The van der Waals surface area contributed by atoms with Gasteiger partial charge >= 0.3 is 10.2 Å². The van der Waals surface area contributed by atoms with Crippen LogP contribution in [0, 0.1) is 0 Å². The van der Waals surface area contributed by atoms with Crippen LogP contribution in [0.5, 0.6) is 0 Å². The first-order valence-electron chi connectivity index (χ1n) is 5.77. The van der Waals surface area contributed by atoms with Crippen LogP contribution >= 0.6 is 0 Å². The number of sulfonamides is 1. The summed E-state index contributed by atoms with van der Waals surface area (Å²) in [6, 6.07) is 3.98. The van der Waals surface area contributed by atoms with Crippen molar-refractivity contribution in [2.45, 2.75) is 42.5 Å². The smallest absolute Gasteiger partial charge is 0.208 e. The molecule has 0 aliphatic heterocycles. The summed E-state index contributed by atoms with van der Waals surface area (Å²) in [5, 5.41) is 0. The molecule has 0 aromatic heterocycles. The molecule has 1 aromatic rings. The first-order chi connectivity index (χ1) is 8.70. The zero-order valence-electron chi connectivity index (χ0n) is 10.6. The van der Waals surface area contributed by atoms with Crippen molar-refractivity contribution < 1.29 is 20.7 Å². The van der Waals surface area contributed by atoms with E-state index in [4.69, 9.17) is 0 Å². The molecule has 1 N–H and O–H groups in total. The molecule has 1 aromatic carbocycles. The van der Waals surface area contributed by atoms with E-state index in [0.29, 0.717) is 12.8 Å². The molecular formula is C11H16FNO4S2. The Morgan fingerprint density at radius 1 is 1.11 bits per heavy atom. The number of hydrogen-bond acceptors (Lipinski definition) is 4. The number of halogens is 1. The Labute approximate surface area is 113 Å². The summed E-state index contributed by atoms with van der Waals surface area (Å²) >= 11 is 0. The van der Waals surface area contributed by atoms with E-state index >= 15 is 0 Å². The molecule has 8 heteroatoms. The van der Waals surface area contributed by atoms with E-state index in [1.54, 1.807) is 0 Å². The number of rotatable bonds is 6. The fraction of sp³-hybridized carbons (Fsp3) is 0.455. The Kier molecular flexibility index (Phi) is 5.05. The molecule has 5 nitrogen and oxygen atoms in total. The topological polar surface area (TPSA) is 80.3 Å². The van der Waals surface area contributed by atoms with E-state index in [2.05, 4.69) is 4.72 Å².